The minimum atomic E-state index is 0.247. The fraction of sp³-hybridized carbons (Fsp3) is 0.111. The third-order valence-electron chi connectivity index (χ3n) is 3.46. The number of nitrogens with zero attached hydrogens (tertiary/aromatic N) is 2. The van der Waals surface area contributed by atoms with Crippen LogP contribution in [0.15, 0.2) is 59.0 Å². The molecule has 4 nitrogen and oxygen atoms in total. The largest absolute Gasteiger partial charge is 0.508 e. The molecule has 3 aromatic rings. The molecule has 0 aliphatic heterocycles. The number of anilines is 1. The van der Waals surface area contributed by atoms with Crippen molar-refractivity contribution in [3.63, 3.8) is 0 Å². The summed E-state index contributed by atoms with van der Waals surface area (Å²) in [5.74, 6) is 0.247. The number of hydrogen-bond acceptors (Lipinski definition) is 5. The van der Waals surface area contributed by atoms with Crippen LogP contribution in [0.3, 0.4) is 0 Å². The second-order valence-corrected chi connectivity index (χ2v) is 6.12. The standard InChI is InChI=1S/C18H17N3OS/c1-12-3-5-15(6-4-12)17-11-23-18(19-17)21-20-13(2)14-7-9-16(22)10-8-14/h3-11,22H,1-2H3,(H,19,21)/b20-13-. The molecule has 3 rings (SSSR count). The number of aryl methyl sites for hydroxylation is 1. The molecular formula is C18H17N3OS. The number of phenols is 1. The Morgan fingerprint density at radius 2 is 1.78 bits per heavy atom. The zero-order valence-electron chi connectivity index (χ0n) is 12.9. The molecule has 0 fully saturated rings. The Kier molecular flexibility index (Phi) is 4.39. The normalized spacial score (nSPS) is 11.5. The highest BCUT2D eigenvalue weighted by Crippen LogP contribution is 2.25. The van der Waals surface area contributed by atoms with Crippen LogP contribution in [0.2, 0.25) is 0 Å². The van der Waals surface area contributed by atoms with E-state index >= 15 is 0 Å². The van der Waals surface area contributed by atoms with E-state index in [4.69, 9.17) is 0 Å². The Hall–Kier alpha value is -2.66. The molecule has 0 amide bonds. The van der Waals surface area contributed by atoms with Crippen LogP contribution < -0.4 is 5.43 Å². The van der Waals surface area contributed by atoms with E-state index in [2.05, 4.69) is 46.7 Å². The van der Waals surface area contributed by atoms with Crippen LogP contribution in [0, 0.1) is 6.92 Å². The Labute approximate surface area is 139 Å². The van der Waals surface area contributed by atoms with E-state index in [1.807, 2.05) is 24.4 Å². The lowest BCUT2D eigenvalue weighted by molar-refractivity contribution is 0.475. The van der Waals surface area contributed by atoms with Gasteiger partial charge in [-0.15, -0.1) is 11.3 Å². The Morgan fingerprint density at radius 1 is 1.09 bits per heavy atom. The van der Waals surface area contributed by atoms with Crippen molar-refractivity contribution >= 4 is 22.2 Å². The van der Waals surface area contributed by atoms with Crippen molar-refractivity contribution in [2.45, 2.75) is 13.8 Å². The minimum absolute atomic E-state index is 0.247. The number of rotatable bonds is 4. The van der Waals surface area contributed by atoms with Gasteiger partial charge in [0.05, 0.1) is 11.4 Å². The first-order valence-corrected chi connectivity index (χ1v) is 8.12. The highest BCUT2D eigenvalue weighted by atomic mass is 32.1. The van der Waals surface area contributed by atoms with E-state index in [9.17, 15) is 5.11 Å². The maximum absolute atomic E-state index is 9.31. The van der Waals surface area contributed by atoms with Gasteiger partial charge < -0.3 is 5.11 Å². The first-order valence-electron chi connectivity index (χ1n) is 7.24. The molecule has 23 heavy (non-hydrogen) atoms. The van der Waals surface area contributed by atoms with Crippen LogP contribution in [0.5, 0.6) is 5.75 Å². The van der Waals surface area contributed by atoms with Gasteiger partial charge in [0.2, 0.25) is 5.13 Å². The molecule has 1 aromatic heterocycles. The van der Waals surface area contributed by atoms with Crippen molar-refractivity contribution in [2.75, 3.05) is 5.43 Å². The summed E-state index contributed by atoms with van der Waals surface area (Å²) in [7, 11) is 0. The molecule has 0 unspecified atom stereocenters. The van der Waals surface area contributed by atoms with Gasteiger partial charge in [0.25, 0.3) is 0 Å². The van der Waals surface area contributed by atoms with Crippen LogP contribution in [0.4, 0.5) is 5.13 Å². The monoisotopic (exact) mass is 323 g/mol. The van der Waals surface area contributed by atoms with Gasteiger partial charge in [0.1, 0.15) is 5.75 Å². The highest BCUT2D eigenvalue weighted by Gasteiger charge is 2.04. The van der Waals surface area contributed by atoms with Crippen LogP contribution in [-0.4, -0.2) is 15.8 Å². The molecule has 0 spiro atoms. The van der Waals surface area contributed by atoms with Crippen molar-refractivity contribution in [1.29, 1.82) is 0 Å². The third-order valence-corrected chi connectivity index (χ3v) is 4.20. The Balaban J connectivity index is 1.72. The van der Waals surface area contributed by atoms with Crippen molar-refractivity contribution in [2.24, 2.45) is 5.10 Å². The molecule has 0 saturated heterocycles. The topological polar surface area (TPSA) is 57.5 Å². The van der Waals surface area contributed by atoms with Gasteiger partial charge in [-0.2, -0.15) is 5.10 Å². The molecule has 2 N–H and O–H groups in total. The second-order valence-electron chi connectivity index (χ2n) is 5.26. The lowest BCUT2D eigenvalue weighted by Gasteiger charge is -2.01. The molecule has 1 heterocycles. The summed E-state index contributed by atoms with van der Waals surface area (Å²) >= 11 is 1.52. The van der Waals surface area contributed by atoms with Gasteiger partial charge in [-0.1, -0.05) is 29.8 Å². The van der Waals surface area contributed by atoms with Gasteiger partial charge in [-0.3, -0.25) is 5.43 Å². The third kappa shape index (κ3) is 3.76. The summed E-state index contributed by atoms with van der Waals surface area (Å²) in [5, 5.41) is 16.4. The van der Waals surface area contributed by atoms with E-state index in [1.54, 1.807) is 12.1 Å². The zero-order valence-corrected chi connectivity index (χ0v) is 13.8. The summed E-state index contributed by atoms with van der Waals surface area (Å²) in [6.45, 7) is 3.98. The number of phenolic OH excluding ortho intramolecular Hbond substituents is 1. The highest BCUT2D eigenvalue weighted by molar-refractivity contribution is 7.14. The van der Waals surface area contributed by atoms with Crippen molar-refractivity contribution < 1.29 is 5.11 Å². The molecule has 5 heteroatoms. The second kappa shape index (κ2) is 6.62. The first-order chi connectivity index (χ1) is 11.1. The lowest BCUT2D eigenvalue weighted by Crippen LogP contribution is -1.99. The van der Waals surface area contributed by atoms with Crippen molar-refractivity contribution in [3.8, 4) is 17.0 Å². The van der Waals surface area contributed by atoms with Gasteiger partial charge in [-0.25, -0.2) is 4.98 Å². The molecule has 0 radical (unpaired) electrons. The molecule has 0 bridgehead atoms. The molecular weight excluding hydrogens is 306 g/mol. The summed E-state index contributed by atoms with van der Waals surface area (Å²) in [5.41, 5.74) is 8.04. The average Bonchev–Trinajstić information content (AvgIpc) is 3.03. The molecule has 2 aromatic carbocycles. The van der Waals surface area contributed by atoms with Crippen LogP contribution >= 0.6 is 11.3 Å². The average molecular weight is 323 g/mol. The van der Waals surface area contributed by atoms with Crippen molar-refractivity contribution in [1.82, 2.24) is 4.98 Å². The molecule has 0 saturated carbocycles. The number of nitrogens with one attached hydrogen (secondary N) is 1. The fourth-order valence-corrected chi connectivity index (χ4v) is 2.74. The molecule has 0 aliphatic carbocycles. The number of aromatic nitrogens is 1. The van der Waals surface area contributed by atoms with E-state index in [0.29, 0.717) is 0 Å². The number of aromatic hydroxyl groups is 1. The Morgan fingerprint density at radius 3 is 2.48 bits per heavy atom. The molecule has 116 valence electrons. The maximum Gasteiger partial charge on any atom is 0.203 e. The predicted molar refractivity (Wildman–Crippen MR) is 96.2 cm³/mol. The number of thiazole rings is 1. The van der Waals surface area contributed by atoms with E-state index in [-0.39, 0.29) is 5.75 Å². The molecule has 0 atom stereocenters. The molecule has 0 aliphatic rings. The first kappa shape index (κ1) is 15.2. The van der Waals surface area contributed by atoms with Crippen LogP contribution in [-0.2, 0) is 0 Å². The van der Waals surface area contributed by atoms with Gasteiger partial charge >= 0.3 is 0 Å². The SMILES string of the molecule is C/C(=N/Nc1nc(-c2ccc(C)cc2)cs1)c1ccc(O)cc1. The summed E-state index contributed by atoms with van der Waals surface area (Å²) in [6.07, 6.45) is 0. The number of hydrogen-bond donors (Lipinski definition) is 2. The van der Waals surface area contributed by atoms with E-state index < -0.39 is 0 Å². The smallest absolute Gasteiger partial charge is 0.203 e. The van der Waals surface area contributed by atoms with Gasteiger partial charge in [0.15, 0.2) is 0 Å². The Bertz CT molecular complexity index is 820. The zero-order chi connectivity index (χ0) is 16.2. The summed E-state index contributed by atoms with van der Waals surface area (Å²) in [4.78, 5) is 4.55. The minimum Gasteiger partial charge on any atom is -0.508 e. The van der Waals surface area contributed by atoms with Gasteiger partial charge in [-0.05, 0) is 43.7 Å². The van der Waals surface area contributed by atoms with Gasteiger partial charge in [0, 0.05) is 10.9 Å². The maximum atomic E-state index is 9.31. The fourth-order valence-electron chi connectivity index (χ4n) is 2.08. The lowest BCUT2D eigenvalue weighted by atomic mass is 10.1. The number of benzene rings is 2. The predicted octanol–water partition coefficient (Wildman–Crippen LogP) is 4.66. The van der Waals surface area contributed by atoms with E-state index in [1.165, 1.54) is 16.9 Å². The quantitative estimate of drug-likeness (QED) is 0.542. The summed E-state index contributed by atoms with van der Waals surface area (Å²) in [6, 6.07) is 15.2. The van der Waals surface area contributed by atoms with Crippen molar-refractivity contribution in [3.05, 3.63) is 65.0 Å². The van der Waals surface area contributed by atoms with Crippen LogP contribution in [0.25, 0.3) is 11.3 Å². The van der Waals surface area contributed by atoms with Crippen LogP contribution in [0.1, 0.15) is 18.1 Å². The van der Waals surface area contributed by atoms with E-state index in [0.717, 1.165) is 27.7 Å². The summed E-state index contributed by atoms with van der Waals surface area (Å²) < 4.78 is 0. The number of hydrazone groups is 1.